The van der Waals surface area contributed by atoms with Crippen molar-refractivity contribution >= 4 is 17.5 Å². The minimum absolute atomic E-state index is 0.00809. The third-order valence-electron chi connectivity index (χ3n) is 7.08. The molecule has 0 fully saturated rings. The number of carbonyl (C=O) groups is 2. The largest absolute Gasteiger partial charge is 0.493 e. The van der Waals surface area contributed by atoms with E-state index in [-0.39, 0.29) is 18.4 Å². The van der Waals surface area contributed by atoms with Crippen molar-refractivity contribution in [1.29, 1.82) is 0 Å². The molecule has 6 rings (SSSR count). The lowest BCUT2D eigenvalue weighted by Gasteiger charge is -2.23. The van der Waals surface area contributed by atoms with E-state index < -0.39 is 5.41 Å². The van der Waals surface area contributed by atoms with E-state index in [9.17, 15) is 9.59 Å². The lowest BCUT2D eigenvalue weighted by Crippen LogP contribution is -2.42. The molecule has 1 spiro atoms. The number of benzene rings is 3. The average Bonchev–Trinajstić information content (AvgIpc) is 3.56. The highest BCUT2D eigenvalue weighted by molar-refractivity contribution is 6.11. The van der Waals surface area contributed by atoms with Crippen LogP contribution >= 0.6 is 0 Å². The van der Waals surface area contributed by atoms with Crippen LogP contribution in [0.15, 0.2) is 60.7 Å². The summed E-state index contributed by atoms with van der Waals surface area (Å²) in [4.78, 5) is 28.5. The van der Waals surface area contributed by atoms with E-state index in [4.69, 9.17) is 14.2 Å². The van der Waals surface area contributed by atoms with E-state index in [2.05, 4.69) is 11.4 Å². The third-order valence-corrected chi connectivity index (χ3v) is 7.08. The van der Waals surface area contributed by atoms with Crippen LogP contribution in [0.1, 0.15) is 32.6 Å². The van der Waals surface area contributed by atoms with E-state index >= 15 is 0 Å². The Kier molecular flexibility index (Phi) is 5.22. The van der Waals surface area contributed by atoms with E-state index in [0.29, 0.717) is 37.6 Å². The molecule has 3 aromatic carbocycles. The van der Waals surface area contributed by atoms with Gasteiger partial charge in [0.1, 0.15) is 23.5 Å². The first-order valence-corrected chi connectivity index (χ1v) is 11.8. The predicted molar refractivity (Wildman–Crippen MR) is 130 cm³/mol. The van der Waals surface area contributed by atoms with Crippen LogP contribution in [0.25, 0.3) is 0 Å². The van der Waals surface area contributed by atoms with Gasteiger partial charge in [-0.15, -0.1) is 0 Å². The molecule has 3 aromatic rings. The number of carbonyl (C=O) groups excluding carboxylic acids is 2. The van der Waals surface area contributed by atoms with Crippen molar-refractivity contribution in [1.82, 2.24) is 5.32 Å². The minimum Gasteiger partial charge on any atom is -0.493 e. The molecular weight excluding hydrogens is 444 g/mol. The first-order valence-electron chi connectivity index (χ1n) is 11.8. The van der Waals surface area contributed by atoms with Crippen molar-refractivity contribution in [2.45, 2.75) is 18.4 Å². The number of hydrogen-bond donors (Lipinski definition) is 1. The van der Waals surface area contributed by atoms with Crippen LogP contribution in [-0.4, -0.2) is 45.3 Å². The summed E-state index contributed by atoms with van der Waals surface area (Å²) < 4.78 is 16.8. The fourth-order valence-corrected chi connectivity index (χ4v) is 5.37. The summed E-state index contributed by atoms with van der Waals surface area (Å²) >= 11 is 0. The van der Waals surface area contributed by atoms with Gasteiger partial charge in [0, 0.05) is 43.0 Å². The summed E-state index contributed by atoms with van der Waals surface area (Å²) in [6, 6.07) is 19.3. The summed E-state index contributed by atoms with van der Waals surface area (Å²) in [5, 5.41) is 2.84. The van der Waals surface area contributed by atoms with Crippen LogP contribution < -0.4 is 19.7 Å². The Balaban J connectivity index is 1.34. The van der Waals surface area contributed by atoms with Gasteiger partial charge in [0.05, 0.1) is 19.8 Å². The van der Waals surface area contributed by atoms with Crippen molar-refractivity contribution < 1.29 is 23.8 Å². The number of ether oxygens (including phenoxy) is 3. The summed E-state index contributed by atoms with van der Waals surface area (Å²) in [5.41, 5.74) is 4.41. The molecule has 3 heterocycles. The molecule has 35 heavy (non-hydrogen) atoms. The zero-order chi connectivity index (χ0) is 24.0. The molecule has 0 bridgehead atoms. The number of methoxy groups -OCH3 is 1. The van der Waals surface area contributed by atoms with Gasteiger partial charge < -0.3 is 24.4 Å². The number of hydrogen-bond acceptors (Lipinski definition) is 5. The Morgan fingerprint density at radius 1 is 1.06 bits per heavy atom. The maximum Gasteiger partial charge on any atom is 0.251 e. The van der Waals surface area contributed by atoms with Gasteiger partial charge in [-0.25, -0.2) is 0 Å². The number of nitrogens with zero attached hydrogens (tertiary/aromatic N) is 1. The summed E-state index contributed by atoms with van der Waals surface area (Å²) in [5.74, 6) is 1.39. The van der Waals surface area contributed by atoms with Gasteiger partial charge in [0.25, 0.3) is 5.91 Å². The predicted octanol–water partition coefficient (Wildman–Crippen LogP) is 3.22. The van der Waals surface area contributed by atoms with Crippen molar-refractivity contribution in [3.63, 3.8) is 0 Å². The van der Waals surface area contributed by atoms with Crippen LogP contribution in [0.5, 0.6) is 11.5 Å². The van der Waals surface area contributed by atoms with E-state index in [1.54, 1.807) is 13.2 Å². The Morgan fingerprint density at radius 2 is 1.94 bits per heavy atom. The highest BCUT2D eigenvalue weighted by Crippen LogP contribution is 2.54. The fourth-order valence-electron chi connectivity index (χ4n) is 5.37. The Bertz CT molecular complexity index is 1340. The van der Waals surface area contributed by atoms with Crippen LogP contribution in [0.4, 0.5) is 5.69 Å². The van der Waals surface area contributed by atoms with Crippen molar-refractivity contribution in [2.24, 2.45) is 0 Å². The van der Waals surface area contributed by atoms with Crippen LogP contribution in [0.2, 0.25) is 0 Å². The van der Waals surface area contributed by atoms with Gasteiger partial charge in [0.15, 0.2) is 0 Å². The quantitative estimate of drug-likeness (QED) is 0.560. The topological polar surface area (TPSA) is 77.1 Å². The SMILES string of the molecule is COCCNC(=O)c1cccc(CN2C(=O)C3(COc4cc5c(cc43)CCO5)c3ccccc32)c1. The van der Waals surface area contributed by atoms with Crippen molar-refractivity contribution in [2.75, 3.05) is 38.4 Å². The van der Waals surface area contributed by atoms with Crippen LogP contribution in [0, 0.1) is 0 Å². The van der Waals surface area contributed by atoms with Gasteiger partial charge in [-0.3, -0.25) is 9.59 Å². The van der Waals surface area contributed by atoms with Gasteiger partial charge in [-0.2, -0.15) is 0 Å². The molecule has 0 radical (unpaired) electrons. The molecule has 0 aromatic heterocycles. The third kappa shape index (κ3) is 3.38. The molecule has 178 valence electrons. The second-order valence-corrected chi connectivity index (χ2v) is 9.11. The number of para-hydroxylation sites is 1. The van der Waals surface area contributed by atoms with Gasteiger partial charge in [-0.1, -0.05) is 30.3 Å². The number of amides is 2. The number of nitrogens with one attached hydrogen (secondary N) is 1. The lowest BCUT2D eigenvalue weighted by molar-refractivity contribution is -0.122. The standard InChI is InChI=1S/C28H26N2O5/c1-33-12-10-29-26(31)20-6-4-5-18(13-20)16-30-23-8-3-2-7-21(23)28(27(30)32)17-35-25-15-24-19(9-11-34-24)14-22(25)28/h2-8,13-15H,9-12,16-17H2,1H3,(H,29,31). The average molecular weight is 471 g/mol. The van der Waals surface area contributed by atoms with Gasteiger partial charge in [-0.05, 0) is 41.0 Å². The van der Waals surface area contributed by atoms with Crippen molar-refractivity contribution in [3.8, 4) is 11.5 Å². The molecule has 1 N–H and O–H groups in total. The van der Waals surface area contributed by atoms with Crippen LogP contribution in [0.3, 0.4) is 0 Å². The molecule has 3 aliphatic heterocycles. The highest BCUT2D eigenvalue weighted by Gasteiger charge is 2.57. The maximum atomic E-state index is 14.2. The van der Waals surface area contributed by atoms with E-state index in [1.165, 1.54) is 0 Å². The zero-order valence-electron chi connectivity index (χ0n) is 19.5. The smallest absolute Gasteiger partial charge is 0.251 e. The molecule has 1 atom stereocenters. The lowest BCUT2D eigenvalue weighted by atomic mass is 9.76. The monoisotopic (exact) mass is 470 g/mol. The molecule has 0 saturated heterocycles. The van der Waals surface area contributed by atoms with E-state index in [0.717, 1.165) is 40.1 Å². The molecule has 0 aliphatic carbocycles. The second-order valence-electron chi connectivity index (χ2n) is 9.11. The van der Waals surface area contributed by atoms with Crippen molar-refractivity contribution in [3.05, 3.63) is 88.5 Å². The summed E-state index contributed by atoms with van der Waals surface area (Å²) in [6.45, 7) is 2.16. The summed E-state index contributed by atoms with van der Waals surface area (Å²) in [6.07, 6.45) is 0.831. The number of rotatable bonds is 6. The first kappa shape index (κ1) is 21.7. The molecule has 1 unspecified atom stereocenters. The molecule has 7 heteroatoms. The number of anilines is 1. The van der Waals surface area contributed by atoms with Gasteiger partial charge >= 0.3 is 0 Å². The Hall–Kier alpha value is -3.84. The number of fused-ring (bicyclic) bond motifs is 5. The molecule has 7 nitrogen and oxygen atoms in total. The van der Waals surface area contributed by atoms with E-state index in [1.807, 2.05) is 53.4 Å². The fraction of sp³-hybridized carbons (Fsp3) is 0.286. The Morgan fingerprint density at radius 3 is 2.83 bits per heavy atom. The molecule has 3 aliphatic rings. The minimum atomic E-state index is -0.876. The zero-order valence-corrected chi connectivity index (χ0v) is 19.5. The molecule has 0 saturated carbocycles. The Labute approximate surface area is 203 Å². The first-order chi connectivity index (χ1) is 17.1. The molecular formula is C28H26N2O5. The summed E-state index contributed by atoms with van der Waals surface area (Å²) in [7, 11) is 1.60. The van der Waals surface area contributed by atoms with Crippen LogP contribution in [-0.2, 0) is 27.9 Å². The second kappa shape index (κ2) is 8.43. The maximum absolute atomic E-state index is 14.2. The normalized spacial score (nSPS) is 19.2. The highest BCUT2D eigenvalue weighted by atomic mass is 16.5. The molecule has 2 amide bonds. The van der Waals surface area contributed by atoms with Gasteiger partial charge in [0.2, 0.25) is 5.91 Å².